The monoisotopic (exact) mass is 257 g/mol. The molecule has 0 unspecified atom stereocenters. The predicted molar refractivity (Wildman–Crippen MR) is 73.3 cm³/mol. The minimum absolute atomic E-state index is 0.222. The van der Waals surface area contributed by atoms with Crippen molar-refractivity contribution in [1.29, 1.82) is 0 Å². The van der Waals surface area contributed by atoms with Crippen molar-refractivity contribution < 1.29 is 14.3 Å². The standard InChI is InChI=1S/C14H27NO3/c1-7-18-14(16)11(4)12(5)15-13(9-17-6)8-10(2)3/h10,13,15H,7-9H2,1-6H3/b12-11+/t13-/m0/s1. The lowest BCUT2D eigenvalue weighted by molar-refractivity contribution is -0.138. The average molecular weight is 257 g/mol. The predicted octanol–water partition coefficient (Wildman–Crippen LogP) is 2.49. The van der Waals surface area contributed by atoms with Gasteiger partial charge in [-0.25, -0.2) is 4.79 Å². The molecule has 0 spiro atoms. The number of esters is 1. The Bertz CT molecular complexity index is 285. The van der Waals surface area contributed by atoms with Crippen molar-refractivity contribution in [3.05, 3.63) is 11.3 Å². The molecule has 0 saturated heterocycles. The molecule has 0 radical (unpaired) electrons. The first kappa shape index (κ1) is 17.0. The second-order valence-electron chi connectivity index (χ2n) is 4.90. The van der Waals surface area contributed by atoms with Gasteiger partial charge in [0.25, 0.3) is 0 Å². The summed E-state index contributed by atoms with van der Waals surface area (Å²) in [7, 11) is 1.69. The number of hydrogen-bond donors (Lipinski definition) is 1. The lowest BCUT2D eigenvalue weighted by Gasteiger charge is -2.22. The molecule has 106 valence electrons. The summed E-state index contributed by atoms with van der Waals surface area (Å²) >= 11 is 0. The third-order valence-electron chi connectivity index (χ3n) is 2.69. The van der Waals surface area contributed by atoms with E-state index in [4.69, 9.17) is 9.47 Å². The number of hydrogen-bond acceptors (Lipinski definition) is 4. The topological polar surface area (TPSA) is 47.6 Å². The van der Waals surface area contributed by atoms with Gasteiger partial charge in [-0.3, -0.25) is 0 Å². The van der Waals surface area contributed by atoms with Crippen LogP contribution in [0.5, 0.6) is 0 Å². The molecule has 0 aromatic carbocycles. The zero-order valence-electron chi connectivity index (χ0n) is 12.5. The van der Waals surface area contributed by atoms with Crippen LogP contribution in [0.1, 0.15) is 41.0 Å². The van der Waals surface area contributed by atoms with Crippen molar-refractivity contribution >= 4 is 5.97 Å². The molecule has 18 heavy (non-hydrogen) atoms. The highest BCUT2D eigenvalue weighted by molar-refractivity contribution is 5.88. The summed E-state index contributed by atoms with van der Waals surface area (Å²) in [6, 6.07) is 0.222. The molecule has 0 aromatic rings. The molecule has 0 rings (SSSR count). The lowest BCUT2D eigenvalue weighted by Crippen LogP contribution is -2.34. The summed E-state index contributed by atoms with van der Waals surface area (Å²) in [5.74, 6) is 0.316. The molecule has 0 saturated carbocycles. The molecule has 0 amide bonds. The molecule has 4 heteroatoms. The van der Waals surface area contributed by atoms with E-state index in [2.05, 4.69) is 19.2 Å². The zero-order chi connectivity index (χ0) is 14.1. The molecule has 0 aromatic heterocycles. The van der Waals surface area contributed by atoms with Crippen molar-refractivity contribution in [2.75, 3.05) is 20.3 Å². The molecule has 4 nitrogen and oxygen atoms in total. The molecule has 0 aliphatic heterocycles. The largest absolute Gasteiger partial charge is 0.463 e. The van der Waals surface area contributed by atoms with E-state index >= 15 is 0 Å². The van der Waals surface area contributed by atoms with Crippen LogP contribution >= 0.6 is 0 Å². The van der Waals surface area contributed by atoms with Gasteiger partial charge in [0.2, 0.25) is 0 Å². The van der Waals surface area contributed by atoms with Crippen LogP contribution in [0.3, 0.4) is 0 Å². The Morgan fingerprint density at radius 3 is 2.33 bits per heavy atom. The summed E-state index contributed by atoms with van der Waals surface area (Å²) in [5.41, 5.74) is 1.48. The van der Waals surface area contributed by atoms with Gasteiger partial charge >= 0.3 is 5.97 Å². The third kappa shape index (κ3) is 6.64. The molecule has 1 N–H and O–H groups in total. The molecule has 0 heterocycles. The maximum absolute atomic E-state index is 11.6. The minimum Gasteiger partial charge on any atom is -0.463 e. The van der Waals surface area contributed by atoms with Crippen molar-refractivity contribution in [2.24, 2.45) is 5.92 Å². The van der Waals surface area contributed by atoms with Crippen LogP contribution in [-0.4, -0.2) is 32.3 Å². The normalized spacial score (nSPS) is 14.2. The first-order valence-corrected chi connectivity index (χ1v) is 6.52. The van der Waals surface area contributed by atoms with Crippen molar-refractivity contribution in [3.8, 4) is 0 Å². The van der Waals surface area contributed by atoms with Crippen LogP contribution in [0.15, 0.2) is 11.3 Å². The summed E-state index contributed by atoms with van der Waals surface area (Å²) in [4.78, 5) is 11.6. The number of carbonyl (C=O) groups excluding carboxylic acids is 1. The van der Waals surface area contributed by atoms with E-state index in [9.17, 15) is 4.79 Å². The lowest BCUT2D eigenvalue weighted by atomic mass is 10.0. The first-order chi connectivity index (χ1) is 8.42. The van der Waals surface area contributed by atoms with E-state index in [1.807, 2.05) is 6.92 Å². The fraction of sp³-hybridized carbons (Fsp3) is 0.786. The van der Waals surface area contributed by atoms with Gasteiger partial charge in [0.1, 0.15) is 0 Å². The quantitative estimate of drug-likeness (QED) is 0.536. The third-order valence-corrected chi connectivity index (χ3v) is 2.69. The number of carbonyl (C=O) groups is 1. The number of nitrogens with one attached hydrogen (secondary N) is 1. The van der Waals surface area contributed by atoms with E-state index in [0.717, 1.165) is 12.1 Å². The van der Waals surface area contributed by atoms with E-state index in [0.29, 0.717) is 24.7 Å². The summed E-state index contributed by atoms with van der Waals surface area (Å²) in [6.45, 7) is 10.8. The van der Waals surface area contributed by atoms with Gasteiger partial charge in [-0.05, 0) is 33.1 Å². The Morgan fingerprint density at radius 2 is 1.89 bits per heavy atom. The van der Waals surface area contributed by atoms with E-state index in [-0.39, 0.29) is 12.0 Å². The maximum Gasteiger partial charge on any atom is 0.335 e. The molecule has 1 atom stereocenters. The van der Waals surface area contributed by atoms with Crippen LogP contribution in [0.25, 0.3) is 0 Å². The highest BCUT2D eigenvalue weighted by Crippen LogP contribution is 2.09. The highest BCUT2D eigenvalue weighted by Gasteiger charge is 2.14. The average Bonchev–Trinajstić information content (AvgIpc) is 2.27. The molecular weight excluding hydrogens is 230 g/mol. The van der Waals surface area contributed by atoms with Gasteiger partial charge in [-0.15, -0.1) is 0 Å². The van der Waals surface area contributed by atoms with E-state index in [1.165, 1.54) is 0 Å². The Kier molecular flexibility index (Phi) is 8.46. The van der Waals surface area contributed by atoms with Gasteiger partial charge in [0.15, 0.2) is 0 Å². The fourth-order valence-electron chi connectivity index (χ4n) is 1.75. The number of methoxy groups -OCH3 is 1. The summed E-state index contributed by atoms with van der Waals surface area (Å²) in [6.07, 6.45) is 1.00. The smallest absolute Gasteiger partial charge is 0.335 e. The van der Waals surface area contributed by atoms with Gasteiger partial charge in [0.05, 0.1) is 18.8 Å². The zero-order valence-corrected chi connectivity index (χ0v) is 12.5. The van der Waals surface area contributed by atoms with E-state index in [1.54, 1.807) is 21.0 Å². The van der Waals surface area contributed by atoms with Crippen molar-refractivity contribution in [2.45, 2.75) is 47.1 Å². The van der Waals surface area contributed by atoms with E-state index < -0.39 is 0 Å². The van der Waals surface area contributed by atoms with Crippen LogP contribution < -0.4 is 5.32 Å². The van der Waals surface area contributed by atoms with Gasteiger partial charge in [-0.1, -0.05) is 13.8 Å². The van der Waals surface area contributed by atoms with Gasteiger partial charge in [0, 0.05) is 18.8 Å². The maximum atomic E-state index is 11.6. The molecule has 0 aliphatic rings. The first-order valence-electron chi connectivity index (χ1n) is 6.52. The Hall–Kier alpha value is -1.03. The number of allylic oxidation sites excluding steroid dienone is 1. The van der Waals surface area contributed by atoms with Crippen LogP contribution in [0, 0.1) is 5.92 Å². The highest BCUT2D eigenvalue weighted by atomic mass is 16.5. The second-order valence-corrected chi connectivity index (χ2v) is 4.90. The Balaban J connectivity index is 4.59. The number of rotatable bonds is 8. The Morgan fingerprint density at radius 1 is 1.28 bits per heavy atom. The van der Waals surface area contributed by atoms with Gasteiger partial charge < -0.3 is 14.8 Å². The minimum atomic E-state index is -0.261. The molecule has 0 bridgehead atoms. The summed E-state index contributed by atoms with van der Waals surface area (Å²) < 4.78 is 10.2. The van der Waals surface area contributed by atoms with Crippen molar-refractivity contribution in [3.63, 3.8) is 0 Å². The van der Waals surface area contributed by atoms with Crippen molar-refractivity contribution in [1.82, 2.24) is 5.32 Å². The van der Waals surface area contributed by atoms with Crippen LogP contribution in [0.2, 0.25) is 0 Å². The molecule has 0 fully saturated rings. The number of ether oxygens (including phenoxy) is 2. The molecule has 0 aliphatic carbocycles. The second kappa shape index (κ2) is 8.97. The SMILES string of the molecule is CCOC(=O)/C(C)=C(\C)N[C@H](COC)CC(C)C. The Labute approximate surface area is 111 Å². The van der Waals surface area contributed by atoms with Gasteiger partial charge in [-0.2, -0.15) is 0 Å². The fourth-order valence-corrected chi connectivity index (χ4v) is 1.75. The molecular formula is C14H27NO3. The summed E-state index contributed by atoms with van der Waals surface area (Å²) in [5, 5.41) is 3.34. The van der Waals surface area contributed by atoms with Crippen LogP contribution in [-0.2, 0) is 14.3 Å². The van der Waals surface area contributed by atoms with Crippen LogP contribution in [0.4, 0.5) is 0 Å².